The quantitative estimate of drug-likeness (QED) is 0.846. The first-order chi connectivity index (χ1) is 7.81. The minimum Gasteiger partial charge on any atom is -0.381 e. The van der Waals surface area contributed by atoms with Crippen LogP contribution in [0.25, 0.3) is 0 Å². The lowest BCUT2D eigenvalue weighted by Gasteiger charge is -2.23. The van der Waals surface area contributed by atoms with Crippen molar-refractivity contribution in [3.8, 4) is 0 Å². The third-order valence-corrected chi connectivity index (χ3v) is 3.09. The average molecular weight is 223 g/mol. The van der Waals surface area contributed by atoms with Gasteiger partial charge in [0.2, 0.25) is 0 Å². The number of ether oxygens (including phenoxy) is 1. The van der Waals surface area contributed by atoms with E-state index in [-0.39, 0.29) is 11.9 Å². The molecule has 88 valence electrons. The number of hydrogen-bond donors (Lipinski definition) is 1. The normalized spacial score (nSPS) is 22.2. The van der Waals surface area contributed by atoms with Gasteiger partial charge in [0.05, 0.1) is 6.61 Å². The Hall–Kier alpha value is -0.930. The maximum atomic E-state index is 12.9. The highest BCUT2D eigenvalue weighted by atomic mass is 19.1. The van der Waals surface area contributed by atoms with Crippen LogP contribution in [0.2, 0.25) is 0 Å². The van der Waals surface area contributed by atoms with Crippen molar-refractivity contribution in [3.05, 3.63) is 35.6 Å². The van der Waals surface area contributed by atoms with Crippen LogP contribution in [0.4, 0.5) is 4.39 Å². The third kappa shape index (κ3) is 2.60. The summed E-state index contributed by atoms with van der Waals surface area (Å²) >= 11 is 0. The van der Waals surface area contributed by atoms with E-state index in [1.165, 1.54) is 12.1 Å². The van der Waals surface area contributed by atoms with Crippen molar-refractivity contribution in [1.82, 2.24) is 5.32 Å². The minimum atomic E-state index is -0.179. The second kappa shape index (κ2) is 5.41. The van der Waals surface area contributed by atoms with E-state index in [1.54, 1.807) is 0 Å². The van der Waals surface area contributed by atoms with Crippen molar-refractivity contribution in [2.24, 2.45) is 5.92 Å². The molecular formula is C13H18FNO. The number of benzene rings is 1. The van der Waals surface area contributed by atoms with Gasteiger partial charge in [0.1, 0.15) is 5.82 Å². The Morgan fingerprint density at radius 1 is 1.44 bits per heavy atom. The Kier molecular flexibility index (Phi) is 3.91. The molecule has 0 spiro atoms. The minimum absolute atomic E-state index is 0.179. The summed E-state index contributed by atoms with van der Waals surface area (Å²) in [6.07, 6.45) is 1.08. The molecule has 0 aromatic heterocycles. The molecular weight excluding hydrogens is 205 g/mol. The van der Waals surface area contributed by atoms with Crippen molar-refractivity contribution in [2.75, 3.05) is 19.8 Å². The Morgan fingerprint density at radius 2 is 2.19 bits per heavy atom. The monoisotopic (exact) mass is 223 g/mol. The van der Waals surface area contributed by atoms with Crippen molar-refractivity contribution in [1.29, 1.82) is 0 Å². The smallest absolute Gasteiger partial charge is 0.123 e. The summed E-state index contributed by atoms with van der Waals surface area (Å²) in [5.41, 5.74) is 1.15. The van der Waals surface area contributed by atoms with E-state index in [2.05, 4.69) is 12.2 Å². The topological polar surface area (TPSA) is 21.3 Å². The first-order valence-corrected chi connectivity index (χ1v) is 5.88. The van der Waals surface area contributed by atoms with Gasteiger partial charge in [0.15, 0.2) is 0 Å². The molecule has 1 aliphatic rings. The van der Waals surface area contributed by atoms with E-state index in [0.717, 1.165) is 31.7 Å². The molecule has 2 unspecified atom stereocenters. The van der Waals surface area contributed by atoms with Crippen LogP contribution < -0.4 is 5.32 Å². The molecule has 1 aromatic carbocycles. The highest BCUT2D eigenvalue weighted by Gasteiger charge is 2.26. The number of rotatable bonds is 4. The zero-order valence-electron chi connectivity index (χ0n) is 9.58. The van der Waals surface area contributed by atoms with E-state index in [4.69, 9.17) is 4.74 Å². The van der Waals surface area contributed by atoms with Crippen molar-refractivity contribution >= 4 is 0 Å². The molecule has 0 aliphatic carbocycles. The van der Waals surface area contributed by atoms with Crippen molar-refractivity contribution < 1.29 is 9.13 Å². The number of nitrogens with one attached hydrogen (secondary N) is 1. The zero-order valence-corrected chi connectivity index (χ0v) is 9.58. The van der Waals surface area contributed by atoms with E-state index in [9.17, 15) is 4.39 Å². The van der Waals surface area contributed by atoms with Gasteiger partial charge < -0.3 is 10.1 Å². The Balaban J connectivity index is 2.14. The fourth-order valence-corrected chi connectivity index (χ4v) is 2.26. The summed E-state index contributed by atoms with van der Waals surface area (Å²) in [7, 11) is 0. The van der Waals surface area contributed by atoms with Gasteiger partial charge in [-0.2, -0.15) is 0 Å². The van der Waals surface area contributed by atoms with Crippen LogP contribution in [0, 0.1) is 11.7 Å². The first-order valence-electron chi connectivity index (χ1n) is 5.88. The van der Waals surface area contributed by atoms with Crippen molar-refractivity contribution in [3.63, 3.8) is 0 Å². The molecule has 0 saturated carbocycles. The molecule has 3 heteroatoms. The molecule has 16 heavy (non-hydrogen) atoms. The van der Waals surface area contributed by atoms with Gasteiger partial charge in [0.25, 0.3) is 0 Å². The molecule has 2 nitrogen and oxygen atoms in total. The van der Waals surface area contributed by atoms with Crippen LogP contribution in [0.1, 0.15) is 24.9 Å². The predicted octanol–water partition coefficient (Wildman–Crippen LogP) is 2.51. The van der Waals surface area contributed by atoms with Crippen LogP contribution in [0.5, 0.6) is 0 Å². The molecule has 0 bridgehead atoms. The number of hydrogen-bond acceptors (Lipinski definition) is 2. The predicted molar refractivity (Wildman–Crippen MR) is 61.7 cm³/mol. The second-order valence-corrected chi connectivity index (χ2v) is 4.21. The average Bonchev–Trinajstić information content (AvgIpc) is 2.81. The summed E-state index contributed by atoms with van der Waals surface area (Å²) in [5, 5.41) is 3.46. The van der Waals surface area contributed by atoms with Crippen molar-refractivity contribution in [2.45, 2.75) is 19.4 Å². The van der Waals surface area contributed by atoms with Gasteiger partial charge in [-0.15, -0.1) is 0 Å². The SMILES string of the molecule is CCNC(c1ccc(F)cc1)C1CCOC1. The highest BCUT2D eigenvalue weighted by molar-refractivity contribution is 5.21. The standard InChI is InChI=1S/C13H18FNO/c1-2-15-13(11-7-8-16-9-11)10-3-5-12(14)6-4-10/h3-6,11,13,15H,2,7-9H2,1H3. The Bertz CT molecular complexity index is 319. The summed E-state index contributed by atoms with van der Waals surface area (Å²) in [5.74, 6) is 0.326. The highest BCUT2D eigenvalue weighted by Crippen LogP contribution is 2.28. The molecule has 0 radical (unpaired) electrons. The van der Waals surface area contributed by atoms with Gasteiger partial charge >= 0.3 is 0 Å². The van der Waals surface area contributed by atoms with Gasteiger partial charge in [-0.25, -0.2) is 4.39 Å². The lowest BCUT2D eigenvalue weighted by molar-refractivity contribution is 0.177. The molecule has 1 aromatic rings. The maximum Gasteiger partial charge on any atom is 0.123 e. The summed E-state index contributed by atoms with van der Waals surface area (Å²) in [6.45, 7) is 4.65. The Labute approximate surface area is 95.8 Å². The first kappa shape index (κ1) is 11.6. The van der Waals surface area contributed by atoms with Gasteiger partial charge in [0, 0.05) is 18.6 Å². The lowest BCUT2D eigenvalue weighted by atomic mass is 9.92. The second-order valence-electron chi connectivity index (χ2n) is 4.21. The molecule has 2 atom stereocenters. The molecule has 1 heterocycles. The van der Waals surface area contributed by atoms with Crippen LogP contribution in [-0.2, 0) is 4.74 Å². The lowest BCUT2D eigenvalue weighted by Crippen LogP contribution is -2.28. The fourth-order valence-electron chi connectivity index (χ4n) is 2.26. The van der Waals surface area contributed by atoms with Crippen LogP contribution in [-0.4, -0.2) is 19.8 Å². The Morgan fingerprint density at radius 3 is 2.75 bits per heavy atom. The zero-order chi connectivity index (χ0) is 11.4. The summed E-state index contributed by atoms with van der Waals surface area (Å²) in [4.78, 5) is 0. The van der Waals surface area contributed by atoms with Gasteiger partial charge in [-0.1, -0.05) is 19.1 Å². The van der Waals surface area contributed by atoms with Crippen LogP contribution >= 0.6 is 0 Å². The molecule has 1 N–H and O–H groups in total. The van der Waals surface area contributed by atoms with E-state index in [0.29, 0.717) is 5.92 Å². The van der Waals surface area contributed by atoms with Crippen LogP contribution in [0.15, 0.2) is 24.3 Å². The van der Waals surface area contributed by atoms with E-state index >= 15 is 0 Å². The summed E-state index contributed by atoms with van der Waals surface area (Å²) < 4.78 is 18.3. The number of halogens is 1. The van der Waals surface area contributed by atoms with E-state index in [1.807, 2.05) is 12.1 Å². The largest absolute Gasteiger partial charge is 0.381 e. The maximum absolute atomic E-state index is 12.9. The molecule has 1 saturated heterocycles. The summed E-state index contributed by atoms with van der Waals surface area (Å²) in [6, 6.07) is 7.06. The fraction of sp³-hybridized carbons (Fsp3) is 0.538. The molecule has 1 aliphatic heterocycles. The third-order valence-electron chi connectivity index (χ3n) is 3.09. The molecule has 2 rings (SSSR count). The molecule has 1 fully saturated rings. The van der Waals surface area contributed by atoms with E-state index < -0.39 is 0 Å². The molecule has 0 amide bonds. The van der Waals surface area contributed by atoms with Crippen LogP contribution in [0.3, 0.4) is 0 Å². The van der Waals surface area contributed by atoms with Gasteiger partial charge in [-0.05, 0) is 30.7 Å². The van der Waals surface area contributed by atoms with Gasteiger partial charge in [-0.3, -0.25) is 0 Å².